The van der Waals surface area contributed by atoms with Crippen molar-refractivity contribution in [1.29, 1.82) is 10.5 Å². The number of fused-ring (bicyclic) bond motifs is 6. The molecule has 6 fully saturated rings. The number of benzene rings is 1. The summed E-state index contributed by atoms with van der Waals surface area (Å²) < 4.78 is 1.72. The Hall–Kier alpha value is -4.48. The quantitative estimate of drug-likeness (QED) is 0.198. The molecule has 0 unspecified atom stereocenters. The van der Waals surface area contributed by atoms with Crippen molar-refractivity contribution in [3.05, 3.63) is 94.6 Å². The van der Waals surface area contributed by atoms with Gasteiger partial charge in [-0.3, -0.25) is 9.59 Å². The summed E-state index contributed by atoms with van der Waals surface area (Å²) in [6, 6.07) is 10.6. The summed E-state index contributed by atoms with van der Waals surface area (Å²) in [4.78, 5) is 27.9. The minimum atomic E-state index is -0.615. The molecule has 7 aliphatic carbocycles. The number of carbonyl (C=O) groups is 2. The summed E-state index contributed by atoms with van der Waals surface area (Å²) >= 11 is 0. The first-order valence-corrected chi connectivity index (χ1v) is 28.9. The van der Waals surface area contributed by atoms with Crippen molar-refractivity contribution in [2.24, 2.45) is 57.7 Å². The van der Waals surface area contributed by atoms with Crippen LogP contribution in [-0.2, 0) is 27.0 Å². The lowest BCUT2D eigenvalue weighted by Crippen LogP contribution is -2.51. The summed E-state index contributed by atoms with van der Waals surface area (Å²) in [5, 5.41) is 53.1. The molecule has 0 bridgehead atoms. The topological polar surface area (TPSA) is 173 Å². The van der Waals surface area contributed by atoms with Crippen LogP contribution in [-0.4, -0.2) is 59.5 Å². The molecule has 0 aliphatic heterocycles. The second-order valence-electron chi connectivity index (χ2n) is 27.1. The van der Waals surface area contributed by atoms with Crippen LogP contribution in [0.2, 0.25) is 0 Å². The third-order valence-corrected chi connectivity index (χ3v) is 20.7. The van der Waals surface area contributed by atoms with Crippen LogP contribution in [0.1, 0.15) is 208 Å². The van der Waals surface area contributed by atoms with Crippen molar-refractivity contribution in [3.63, 3.8) is 0 Å². The molecule has 0 amide bonds. The van der Waals surface area contributed by atoms with Crippen molar-refractivity contribution in [3.8, 4) is 12.1 Å². The minimum absolute atomic E-state index is 0.245. The molecular formula is C65H93N5O5. The Morgan fingerprint density at radius 2 is 1.59 bits per heavy atom. The SMILES string of the molecule is C=C1/C(=C\C=C2/CCC[C@]3(C)[C@@H]([C@H](C)CCCC(C)(C)O)CC[C@@H]23)C[C@@H](O)C[C@@H]1O.CC(=O)[C@H]1CC[C@H]2[C@@H]3CCC4=CC(=O)CC[C@]4(C)[C@H]3CC[C@]12C.CC(C)(C#N)c1cc(Cn2cncn2)cc(C(C)(C)C#N)c1. The highest BCUT2D eigenvalue weighted by Gasteiger charge is 2.60. The highest BCUT2D eigenvalue weighted by Crippen LogP contribution is 2.67. The maximum Gasteiger partial charge on any atom is 0.155 e. The lowest BCUT2D eigenvalue weighted by atomic mass is 9.47. The first kappa shape index (κ1) is 58.2. The monoisotopic (exact) mass is 1020 g/mol. The first-order valence-electron chi connectivity index (χ1n) is 28.9. The number of allylic oxidation sites excluding steroid dienone is 4. The third-order valence-electron chi connectivity index (χ3n) is 20.7. The van der Waals surface area contributed by atoms with Crippen LogP contribution in [0.5, 0.6) is 0 Å². The van der Waals surface area contributed by atoms with Gasteiger partial charge in [0, 0.05) is 18.8 Å². The molecule has 3 N–H and O–H groups in total. The zero-order chi connectivity index (χ0) is 54.9. The number of aliphatic hydroxyl groups excluding tert-OH is 2. The summed E-state index contributed by atoms with van der Waals surface area (Å²) in [6.07, 6.45) is 27.9. The van der Waals surface area contributed by atoms with Crippen LogP contribution in [0, 0.1) is 80.3 Å². The fourth-order valence-corrected chi connectivity index (χ4v) is 16.1. The van der Waals surface area contributed by atoms with E-state index in [1.54, 1.807) is 23.5 Å². The van der Waals surface area contributed by atoms with E-state index in [1.165, 1.54) is 76.1 Å². The number of aliphatic hydroxyl groups is 3. The lowest BCUT2D eigenvalue weighted by Gasteiger charge is -2.58. The van der Waals surface area contributed by atoms with E-state index in [1.807, 2.05) is 65.8 Å². The van der Waals surface area contributed by atoms with Gasteiger partial charge in [-0.15, -0.1) is 0 Å². The van der Waals surface area contributed by atoms with Crippen LogP contribution in [0.25, 0.3) is 0 Å². The Kier molecular flexibility index (Phi) is 17.7. The second-order valence-corrected chi connectivity index (χ2v) is 27.1. The molecular weight excluding hydrogens is 931 g/mol. The maximum atomic E-state index is 12.1. The van der Waals surface area contributed by atoms with Crippen molar-refractivity contribution in [2.45, 2.75) is 227 Å². The van der Waals surface area contributed by atoms with Crippen LogP contribution in [0.3, 0.4) is 0 Å². The number of rotatable bonds is 11. The summed E-state index contributed by atoms with van der Waals surface area (Å²) in [5.74, 6) is 5.40. The number of aromatic nitrogens is 3. The molecule has 6 saturated carbocycles. The maximum absolute atomic E-state index is 12.1. The van der Waals surface area contributed by atoms with Crippen molar-refractivity contribution < 1.29 is 24.9 Å². The van der Waals surface area contributed by atoms with Gasteiger partial charge in [-0.25, -0.2) is 9.67 Å². The molecule has 1 aromatic heterocycles. The molecule has 2 aromatic rings. The smallest absolute Gasteiger partial charge is 0.155 e. The Balaban J connectivity index is 0.000000167. The molecule has 12 atom stereocenters. The van der Waals surface area contributed by atoms with Crippen LogP contribution >= 0.6 is 0 Å². The van der Waals surface area contributed by atoms with E-state index in [9.17, 15) is 35.4 Å². The third kappa shape index (κ3) is 12.6. The van der Waals surface area contributed by atoms with Crippen LogP contribution in [0.4, 0.5) is 0 Å². The Morgan fingerprint density at radius 3 is 2.21 bits per heavy atom. The predicted molar refractivity (Wildman–Crippen MR) is 298 cm³/mol. The molecule has 0 saturated heterocycles. The lowest BCUT2D eigenvalue weighted by molar-refractivity contribution is -0.128. The molecule has 75 heavy (non-hydrogen) atoms. The average Bonchev–Trinajstić information content (AvgIpc) is 4.09. The number of ketones is 2. The molecule has 9 rings (SSSR count). The van der Waals surface area contributed by atoms with E-state index in [4.69, 9.17) is 0 Å². The number of hydrogen-bond acceptors (Lipinski definition) is 9. The summed E-state index contributed by atoms with van der Waals surface area (Å²) in [5.41, 5.74) is 6.71. The Bertz CT molecular complexity index is 2540. The Labute approximate surface area is 451 Å². The predicted octanol–water partition coefficient (Wildman–Crippen LogP) is 13.4. The van der Waals surface area contributed by atoms with Gasteiger partial charge in [0.1, 0.15) is 18.4 Å². The normalized spacial score (nSPS) is 34.0. The van der Waals surface area contributed by atoms with Gasteiger partial charge in [-0.2, -0.15) is 15.6 Å². The number of nitriles is 2. The number of nitrogens with zero attached hydrogens (tertiary/aromatic N) is 5. The van der Waals surface area contributed by atoms with Gasteiger partial charge < -0.3 is 15.3 Å². The molecule has 1 aromatic carbocycles. The average molecular weight is 1020 g/mol. The van der Waals surface area contributed by atoms with Gasteiger partial charge in [-0.05, 0) is 224 Å². The van der Waals surface area contributed by atoms with Crippen molar-refractivity contribution in [2.75, 3.05) is 0 Å². The molecule has 7 aliphatic rings. The van der Waals surface area contributed by atoms with Crippen LogP contribution < -0.4 is 0 Å². The first-order chi connectivity index (χ1) is 35.2. The van der Waals surface area contributed by atoms with E-state index in [2.05, 4.69) is 68.6 Å². The van der Waals surface area contributed by atoms with E-state index < -0.39 is 28.6 Å². The summed E-state index contributed by atoms with van der Waals surface area (Å²) in [6.45, 7) is 27.6. The Morgan fingerprint density at radius 1 is 0.893 bits per heavy atom. The van der Waals surface area contributed by atoms with Gasteiger partial charge in [0.2, 0.25) is 0 Å². The molecule has 10 nitrogen and oxygen atoms in total. The van der Waals surface area contributed by atoms with E-state index >= 15 is 0 Å². The zero-order valence-corrected chi connectivity index (χ0v) is 47.9. The van der Waals surface area contributed by atoms with Gasteiger partial charge in [0.05, 0.1) is 47.3 Å². The zero-order valence-electron chi connectivity index (χ0n) is 47.9. The fourth-order valence-electron chi connectivity index (χ4n) is 16.1. The van der Waals surface area contributed by atoms with Gasteiger partial charge in [0.15, 0.2) is 5.78 Å². The highest BCUT2D eigenvalue weighted by molar-refractivity contribution is 5.91. The van der Waals surface area contributed by atoms with Gasteiger partial charge in [0.25, 0.3) is 0 Å². The number of Topliss-reactive ketones (excluding diaryl/α,β-unsaturated/α-hetero) is 1. The van der Waals surface area contributed by atoms with Crippen LogP contribution in [0.15, 0.2) is 78.0 Å². The molecule has 0 radical (unpaired) electrons. The van der Waals surface area contributed by atoms with E-state index in [0.717, 1.165) is 90.0 Å². The number of hydrogen-bond donors (Lipinski definition) is 3. The van der Waals surface area contributed by atoms with Gasteiger partial charge in [-0.1, -0.05) is 88.6 Å². The fraction of sp³-hybridized carbons (Fsp3) is 0.692. The largest absolute Gasteiger partial charge is 0.393 e. The molecule has 1 heterocycles. The minimum Gasteiger partial charge on any atom is -0.393 e. The second kappa shape index (κ2) is 22.8. The molecule has 0 spiro atoms. The van der Waals surface area contributed by atoms with E-state index in [-0.39, 0.29) is 10.8 Å². The molecule has 10 heteroatoms. The van der Waals surface area contributed by atoms with E-state index in [0.29, 0.717) is 54.1 Å². The standard InChI is InChI=1S/C27H44O3.C21H30O2.C17H19N5/c1-18(8-6-14-26(3,4)30)23-12-13-24-20(9-7-15-27(23,24)5)10-11-21-16-22(28)17-25(29)19(21)2;1-13(22)17-6-7-18-16-5-4-14-12-15(23)8-10-20(14,2)19(16)9-11-21(17,18)3;1-16(2,9-18)14-5-13(8-22-12-20-11-21-22)6-15(7-14)17(3,4)10-19/h10-11,18,22-25,28-30H,2,6-9,12-17H2,1,3-5H3;12,16-19H,4-11H2,1-3H3;5-7,11-12H,8H2,1-4H3/b20-10+,21-11-;;/t18-,22-,23-,24+,25+,27-;16-,17+,18-,19-,20-,21+;/m10./s1. The van der Waals surface area contributed by atoms with Crippen molar-refractivity contribution in [1.82, 2.24) is 14.8 Å². The summed E-state index contributed by atoms with van der Waals surface area (Å²) in [7, 11) is 0. The molecule has 408 valence electrons. The van der Waals surface area contributed by atoms with Gasteiger partial charge >= 0.3 is 0 Å². The van der Waals surface area contributed by atoms with Crippen molar-refractivity contribution >= 4 is 11.6 Å². The number of carbonyl (C=O) groups excluding carboxylic acids is 2. The highest BCUT2D eigenvalue weighted by atomic mass is 16.3.